The van der Waals surface area contributed by atoms with E-state index in [1.807, 2.05) is 6.92 Å². The van der Waals surface area contributed by atoms with Gasteiger partial charge in [-0.3, -0.25) is 4.79 Å². The van der Waals surface area contributed by atoms with Crippen molar-refractivity contribution in [2.24, 2.45) is 0 Å². The lowest BCUT2D eigenvalue weighted by Gasteiger charge is -2.14. The van der Waals surface area contributed by atoms with E-state index >= 15 is 0 Å². The van der Waals surface area contributed by atoms with E-state index in [9.17, 15) is 9.59 Å². The van der Waals surface area contributed by atoms with Gasteiger partial charge in [0.25, 0.3) is 5.91 Å². The van der Waals surface area contributed by atoms with Crippen LogP contribution in [0.4, 0.5) is 5.69 Å². The van der Waals surface area contributed by atoms with Crippen molar-refractivity contribution >= 4 is 33.5 Å². The summed E-state index contributed by atoms with van der Waals surface area (Å²) in [5.41, 5.74) is 0.909. The van der Waals surface area contributed by atoms with Gasteiger partial charge < -0.3 is 19.5 Å². The fourth-order valence-electron chi connectivity index (χ4n) is 2.12. The normalized spacial score (nSPS) is 11.4. The summed E-state index contributed by atoms with van der Waals surface area (Å²) in [5.74, 6) is 0.302. The third-order valence-corrected chi connectivity index (χ3v) is 4.09. The Morgan fingerprint density at radius 2 is 1.85 bits per heavy atom. The Balaban J connectivity index is 1.95. The quantitative estimate of drug-likeness (QED) is 0.682. The van der Waals surface area contributed by atoms with Crippen LogP contribution in [-0.2, 0) is 9.53 Å². The van der Waals surface area contributed by atoms with Gasteiger partial charge in [0.2, 0.25) is 0 Å². The largest absolute Gasteiger partial charge is 0.496 e. The number of hydrogen-bond donors (Lipinski definition) is 1. The fourth-order valence-corrected chi connectivity index (χ4v) is 2.66. The molecule has 0 aliphatic heterocycles. The maximum absolute atomic E-state index is 12.2. The number of carbonyl (C=O) groups excluding carboxylic acids is 2. The zero-order valence-electron chi connectivity index (χ0n) is 14.7. The lowest BCUT2D eigenvalue weighted by Crippen LogP contribution is -2.30. The second-order valence-electron chi connectivity index (χ2n) is 5.34. The number of ether oxygens (including phenoxy) is 3. The molecule has 0 saturated heterocycles. The van der Waals surface area contributed by atoms with Crippen LogP contribution in [0.15, 0.2) is 46.9 Å². The summed E-state index contributed by atoms with van der Waals surface area (Å²) in [6.45, 7) is 3.98. The number of carbonyl (C=O) groups is 2. The first-order valence-electron chi connectivity index (χ1n) is 8.02. The lowest BCUT2D eigenvalue weighted by molar-refractivity contribution is -0.123. The fraction of sp³-hybridized carbons (Fsp3) is 0.263. The number of esters is 1. The SMILES string of the molecule is CCOc1ccc(NC(=O)C(C)OC(=O)c2ccc(OC)c(Br)c2)cc1. The van der Waals surface area contributed by atoms with Crippen LogP contribution in [0.3, 0.4) is 0 Å². The third-order valence-electron chi connectivity index (χ3n) is 3.47. The summed E-state index contributed by atoms with van der Waals surface area (Å²) in [5, 5.41) is 2.70. The molecule has 7 heteroatoms. The number of nitrogens with one attached hydrogen (secondary N) is 1. The lowest BCUT2D eigenvalue weighted by atomic mass is 10.2. The van der Waals surface area contributed by atoms with Gasteiger partial charge >= 0.3 is 5.97 Å². The Labute approximate surface area is 160 Å². The molecule has 2 aromatic rings. The van der Waals surface area contributed by atoms with E-state index in [-0.39, 0.29) is 0 Å². The zero-order valence-corrected chi connectivity index (χ0v) is 16.3. The summed E-state index contributed by atoms with van der Waals surface area (Å²) in [6.07, 6.45) is -0.949. The van der Waals surface area contributed by atoms with Crippen molar-refractivity contribution < 1.29 is 23.8 Å². The molecule has 0 bridgehead atoms. The van der Waals surface area contributed by atoms with Gasteiger partial charge in [-0.1, -0.05) is 0 Å². The van der Waals surface area contributed by atoms with E-state index in [0.29, 0.717) is 28.1 Å². The number of amides is 1. The molecule has 138 valence electrons. The first kappa shape index (κ1) is 19.8. The molecule has 0 saturated carbocycles. The number of methoxy groups -OCH3 is 1. The predicted molar refractivity (Wildman–Crippen MR) is 102 cm³/mol. The van der Waals surface area contributed by atoms with E-state index in [2.05, 4.69) is 21.2 Å². The number of halogens is 1. The Bertz CT molecular complexity index is 776. The molecule has 0 aliphatic carbocycles. The first-order chi connectivity index (χ1) is 12.4. The van der Waals surface area contributed by atoms with Gasteiger partial charge in [-0.15, -0.1) is 0 Å². The molecule has 2 aromatic carbocycles. The molecule has 0 aliphatic rings. The molecule has 1 atom stereocenters. The van der Waals surface area contributed by atoms with Gasteiger partial charge in [0.1, 0.15) is 11.5 Å². The van der Waals surface area contributed by atoms with Crippen molar-refractivity contribution in [3.63, 3.8) is 0 Å². The van der Waals surface area contributed by atoms with Gasteiger partial charge in [0.05, 0.1) is 23.8 Å². The van der Waals surface area contributed by atoms with E-state index < -0.39 is 18.0 Å². The summed E-state index contributed by atoms with van der Waals surface area (Å²) in [7, 11) is 1.53. The smallest absolute Gasteiger partial charge is 0.338 e. The minimum atomic E-state index is -0.949. The van der Waals surface area contributed by atoms with E-state index in [4.69, 9.17) is 14.2 Å². The van der Waals surface area contributed by atoms with Crippen molar-refractivity contribution in [1.82, 2.24) is 0 Å². The van der Waals surface area contributed by atoms with E-state index in [1.165, 1.54) is 14.0 Å². The molecule has 0 radical (unpaired) electrons. The van der Waals surface area contributed by atoms with Gasteiger partial charge in [-0.25, -0.2) is 4.79 Å². The molecule has 0 spiro atoms. The summed E-state index contributed by atoms with van der Waals surface area (Å²) >= 11 is 3.31. The number of benzene rings is 2. The van der Waals surface area contributed by atoms with Crippen molar-refractivity contribution in [1.29, 1.82) is 0 Å². The molecule has 2 rings (SSSR count). The maximum Gasteiger partial charge on any atom is 0.338 e. The Hall–Kier alpha value is -2.54. The van der Waals surface area contributed by atoms with Crippen LogP contribution in [0.5, 0.6) is 11.5 Å². The van der Waals surface area contributed by atoms with Gasteiger partial charge in [0, 0.05) is 5.69 Å². The first-order valence-corrected chi connectivity index (χ1v) is 8.82. The summed E-state index contributed by atoms with van der Waals surface area (Å²) < 4.78 is 16.3. The minimum absolute atomic E-state index is 0.318. The van der Waals surface area contributed by atoms with E-state index in [0.717, 1.165) is 5.75 Å². The van der Waals surface area contributed by atoms with Crippen LogP contribution in [0.2, 0.25) is 0 Å². The zero-order chi connectivity index (χ0) is 19.1. The number of rotatable bonds is 7. The molecule has 1 N–H and O–H groups in total. The van der Waals surface area contributed by atoms with Crippen LogP contribution >= 0.6 is 15.9 Å². The van der Waals surface area contributed by atoms with Crippen molar-refractivity contribution in [3.05, 3.63) is 52.5 Å². The van der Waals surface area contributed by atoms with Gasteiger partial charge in [0.15, 0.2) is 6.10 Å². The van der Waals surface area contributed by atoms with Crippen molar-refractivity contribution in [2.75, 3.05) is 19.0 Å². The van der Waals surface area contributed by atoms with Gasteiger partial charge in [-0.2, -0.15) is 0 Å². The molecule has 0 fully saturated rings. The Morgan fingerprint density at radius 1 is 1.15 bits per heavy atom. The molecule has 1 amide bonds. The average Bonchev–Trinajstić information content (AvgIpc) is 2.63. The highest BCUT2D eigenvalue weighted by Gasteiger charge is 2.19. The average molecular weight is 422 g/mol. The molecule has 0 aromatic heterocycles. The number of anilines is 1. The standard InChI is InChI=1S/C19H20BrNO5/c1-4-25-15-8-6-14(7-9-15)21-18(22)12(2)26-19(23)13-5-10-17(24-3)16(20)11-13/h5-12H,4H2,1-3H3,(H,21,22). The third kappa shape index (κ3) is 5.23. The topological polar surface area (TPSA) is 73.9 Å². The second kappa shape index (κ2) is 9.24. The molecular weight excluding hydrogens is 402 g/mol. The van der Waals surface area contributed by atoms with E-state index in [1.54, 1.807) is 42.5 Å². The van der Waals surface area contributed by atoms with Crippen LogP contribution in [0, 0.1) is 0 Å². The Kier molecular flexibility index (Phi) is 7.03. The van der Waals surface area contributed by atoms with Crippen LogP contribution in [0.1, 0.15) is 24.2 Å². The highest BCUT2D eigenvalue weighted by Crippen LogP contribution is 2.26. The van der Waals surface area contributed by atoms with Crippen molar-refractivity contribution in [3.8, 4) is 11.5 Å². The summed E-state index contributed by atoms with van der Waals surface area (Å²) in [4.78, 5) is 24.4. The maximum atomic E-state index is 12.2. The van der Waals surface area contributed by atoms with Crippen LogP contribution < -0.4 is 14.8 Å². The molecule has 6 nitrogen and oxygen atoms in total. The molecular formula is C19H20BrNO5. The molecule has 26 heavy (non-hydrogen) atoms. The summed E-state index contributed by atoms with van der Waals surface area (Å²) in [6, 6.07) is 11.7. The van der Waals surface area contributed by atoms with Crippen LogP contribution in [0.25, 0.3) is 0 Å². The van der Waals surface area contributed by atoms with Crippen LogP contribution in [-0.4, -0.2) is 31.7 Å². The molecule has 1 unspecified atom stereocenters. The highest BCUT2D eigenvalue weighted by molar-refractivity contribution is 9.10. The predicted octanol–water partition coefficient (Wildman–Crippen LogP) is 4.04. The molecule has 0 heterocycles. The van der Waals surface area contributed by atoms with Gasteiger partial charge in [-0.05, 0) is 72.2 Å². The Morgan fingerprint density at radius 3 is 2.42 bits per heavy atom. The number of hydrogen-bond acceptors (Lipinski definition) is 5. The minimum Gasteiger partial charge on any atom is -0.496 e. The second-order valence-corrected chi connectivity index (χ2v) is 6.20. The van der Waals surface area contributed by atoms with Crippen molar-refractivity contribution in [2.45, 2.75) is 20.0 Å². The highest BCUT2D eigenvalue weighted by atomic mass is 79.9. The monoisotopic (exact) mass is 421 g/mol.